The Labute approximate surface area is 138 Å². The van der Waals surface area contributed by atoms with Gasteiger partial charge in [-0.15, -0.1) is 0 Å². The number of halogens is 3. The van der Waals surface area contributed by atoms with E-state index in [1.165, 1.54) is 57.8 Å². The number of ether oxygens (including phenoxy) is 1. The lowest BCUT2D eigenvalue weighted by Gasteiger charge is -2.03. The van der Waals surface area contributed by atoms with Crippen LogP contribution in [0.5, 0.6) is 0 Å². The predicted octanol–water partition coefficient (Wildman–Crippen LogP) is 7.05. The van der Waals surface area contributed by atoms with Crippen LogP contribution in [0.2, 0.25) is 0 Å². The van der Waals surface area contributed by atoms with Crippen LogP contribution < -0.4 is 0 Å². The van der Waals surface area contributed by atoms with Crippen LogP contribution in [0.25, 0.3) is 0 Å². The maximum absolute atomic E-state index is 12.3. The van der Waals surface area contributed by atoms with Crippen LogP contribution >= 0.6 is 0 Å². The molecule has 136 valence electrons. The summed E-state index contributed by atoms with van der Waals surface area (Å²) in [4.78, 5) is 11.0. The van der Waals surface area contributed by atoms with Gasteiger partial charge in [-0.25, -0.2) is 0 Å². The van der Waals surface area contributed by atoms with Crippen molar-refractivity contribution in [3.63, 3.8) is 0 Å². The lowest BCUT2D eigenvalue weighted by molar-refractivity contribution is -0.142. The molecule has 0 bridgehead atoms. The number of rotatable bonds is 15. The van der Waals surface area contributed by atoms with E-state index in [2.05, 4.69) is 11.7 Å². The van der Waals surface area contributed by atoms with E-state index in [0.717, 1.165) is 19.3 Å². The van der Waals surface area contributed by atoms with Crippen LogP contribution in [0.1, 0.15) is 96.8 Å². The molecule has 0 aliphatic heterocycles. The zero-order valence-corrected chi connectivity index (χ0v) is 14.3. The monoisotopic (exact) mass is 336 g/mol. The fourth-order valence-corrected chi connectivity index (χ4v) is 2.48. The summed E-state index contributed by atoms with van der Waals surface area (Å²) in [5, 5.41) is 0. The van der Waals surface area contributed by atoms with Gasteiger partial charge < -0.3 is 4.74 Å². The second-order valence-corrected chi connectivity index (χ2v) is 6.00. The Morgan fingerprint density at radius 2 is 1.09 bits per heavy atom. The third-order valence-corrected chi connectivity index (χ3v) is 3.84. The summed E-state index contributed by atoms with van der Waals surface area (Å²) in [7, 11) is 0. The van der Waals surface area contributed by atoms with Gasteiger partial charge in [0.25, 0.3) is 0 Å². The standard InChI is InChI=1S/C18H31F3O2/c1-2-3-4-5-6-7-8-9-10-11-12-13-14-15-16(22)23-18(21)17(19)20/h2-15H2,1H3. The molecule has 0 aromatic carbocycles. The minimum atomic E-state index is -2.59. The Morgan fingerprint density at radius 1 is 0.696 bits per heavy atom. The van der Waals surface area contributed by atoms with E-state index in [1.807, 2.05) is 0 Å². The van der Waals surface area contributed by atoms with Crippen molar-refractivity contribution in [2.45, 2.75) is 96.8 Å². The van der Waals surface area contributed by atoms with Gasteiger partial charge in [-0.1, -0.05) is 84.0 Å². The van der Waals surface area contributed by atoms with Crippen molar-refractivity contribution in [3.8, 4) is 0 Å². The predicted molar refractivity (Wildman–Crippen MR) is 86.8 cm³/mol. The molecule has 0 atom stereocenters. The fraction of sp³-hybridized carbons (Fsp3) is 0.833. The smallest absolute Gasteiger partial charge is 0.347 e. The molecule has 0 radical (unpaired) electrons. The quantitative estimate of drug-likeness (QED) is 0.182. The zero-order valence-electron chi connectivity index (χ0n) is 14.3. The Bertz CT molecular complexity index is 326. The minimum Gasteiger partial charge on any atom is -0.395 e. The van der Waals surface area contributed by atoms with Gasteiger partial charge in [0.15, 0.2) is 0 Å². The second-order valence-electron chi connectivity index (χ2n) is 6.00. The van der Waals surface area contributed by atoms with Crippen LogP contribution in [-0.2, 0) is 9.53 Å². The van der Waals surface area contributed by atoms with Crippen LogP contribution in [0.3, 0.4) is 0 Å². The number of esters is 1. The molecule has 0 aliphatic rings. The Balaban J connectivity index is 3.25. The number of hydrogen-bond acceptors (Lipinski definition) is 2. The molecule has 0 N–H and O–H groups in total. The van der Waals surface area contributed by atoms with Gasteiger partial charge in [0, 0.05) is 6.42 Å². The molecule has 0 aromatic heterocycles. The highest BCUT2D eigenvalue weighted by atomic mass is 19.3. The second kappa shape index (κ2) is 15.9. The molecule has 0 spiro atoms. The van der Waals surface area contributed by atoms with E-state index in [9.17, 15) is 18.0 Å². The molecule has 2 nitrogen and oxygen atoms in total. The van der Waals surface area contributed by atoms with Crippen molar-refractivity contribution in [3.05, 3.63) is 12.1 Å². The maximum Gasteiger partial charge on any atom is 0.347 e. The van der Waals surface area contributed by atoms with E-state index in [4.69, 9.17) is 0 Å². The summed E-state index contributed by atoms with van der Waals surface area (Å²) >= 11 is 0. The van der Waals surface area contributed by atoms with E-state index in [-0.39, 0.29) is 6.42 Å². The molecular weight excluding hydrogens is 305 g/mol. The number of carbonyl (C=O) groups excluding carboxylic acids is 1. The van der Waals surface area contributed by atoms with Crippen molar-refractivity contribution in [2.75, 3.05) is 0 Å². The molecule has 0 amide bonds. The highest BCUT2D eigenvalue weighted by Gasteiger charge is 2.11. The van der Waals surface area contributed by atoms with Crippen molar-refractivity contribution in [1.29, 1.82) is 0 Å². The van der Waals surface area contributed by atoms with Gasteiger partial charge in [-0.3, -0.25) is 4.79 Å². The summed E-state index contributed by atoms with van der Waals surface area (Å²) in [5.74, 6) is -0.932. The molecule has 0 heterocycles. The topological polar surface area (TPSA) is 26.3 Å². The maximum atomic E-state index is 12.3. The average Bonchev–Trinajstić information content (AvgIpc) is 2.51. The van der Waals surface area contributed by atoms with Crippen LogP contribution in [0, 0.1) is 0 Å². The van der Waals surface area contributed by atoms with Gasteiger partial charge in [0.1, 0.15) is 0 Å². The summed E-state index contributed by atoms with van der Waals surface area (Å²) in [5.41, 5.74) is 0. The molecule has 0 saturated carbocycles. The molecular formula is C18H31F3O2. The molecule has 0 saturated heterocycles. The number of carbonyl (C=O) groups is 1. The molecule has 0 aromatic rings. The van der Waals surface area contributed by atoms with Gasteiger partial charge in [-0.2, -0.15) is 13.2 Å². The molecule has 0 aliphatic carbocycles. The van der Waals surface area contributed by atoms with E-state index < -0.39 is 18.1 Å². The van der Waals surface area contributed by atoms with Crippen molar-refractivity contribution < 1.29 is 22.7 Å². The lowest BCUT2D eigenvalue weighted by atomic mass is 10.0. The first kappa shape index (κ1) is 22.0. The minimum absolute atomic E-state index is 0.0154. The molecule has 0 fully saturated rings. The highest BCUT2D eigenvalue weighted by Crippen LogP contribution is 2.15. The van der Waals surface area contributed by atoms with E-state index >= 15 is 0 Å². The van der Waals surface area contributed by atoms with Crippen molar-refractivity contribution in [1.82, 2.24) is 0 Å². The Hall–Kier alpha value is -1.00. The Morgan fingerprint density at radius 3 is 1.48 bits per heavy atom. The van der Waals surface area contributed by atoms with Gasteiger partial charge in [-0.05, 0) is 6.42 Å². The third kappa shape index (κ3) is 15.7. The summed E-state index contributed by atoms with van der Waals surface area (Å²) < 4.78 is 39.6. The zero-order chi connectivity index (χ0) is 17.3. The largest absolute Gasteiger partial charge is 0.395 e. The van der Waals surface area contributed by atoms with Crippen LogP contribution in [-0.4, -0.2) is 5.97 Å². The summed E-state index contributed by atoms with van der Waals surface area (Å²) in [6, 6.07) is -2.08. The number of hydrogen-bond donors (Lipinski definition) is 0. The first-order valence-electron chi connectivity index (χ1n) is 8.99. The van der Waals surface area contributed by atoms with Crippen molar-refractivity contribution in [2.24, 2.45) is 0 Å². The average molecular weight is 336 g/mol. The molecule has 5 heteroatoms. The lowest BCUT2D eigenvalue weighted by Crippen LogP contribution is -2.02. The van der Waals surface area contributed by atoms with Crippen LogP contribution in [0.15, 0.2) is 12.1 Å². The van der Waals surface area contributed by atoms with Gasteiger partial charge >= 0.3 is 18.1 Å². The van der Waals surface area contributed by atoms with Crippen LogP contribution in [0.4, 0.5) is 13.2 Å². The first-order valence-corrected chi connectivity index (χ1v) is 8.99. The first-order chi connectivity index (χ1) is 11.1. The van der Waals surface area contributed by atoms with E-state index in [1.54, 1.807) is 0 Å². The normalized spacial score (nSPS) is 10.6. The Kier molecular flexibility index (Phi) is 15.2. The van der Waals surface area contributed by atoms with E-state index in [0.29, 0.717) is 6.42 Å². The molecule has 0 rings (SSSR count). The number of unbranched alkanes of at least 4 members (excludes halogenated alkanes) is 12. The fourth-order valence-electron chi connectivity index (χ4n) is 2.48. The summed E-state index contributed by atoms with van der Waals surface area (Å²) in [6.07, 6.45) is 12.7. The SMILES string of the molecule is CCCCCCCCCCCCCCCC(=O)OC(F)=C(F)F. The molecule has 0 unspecified atom stereocenters. The van der Waals surface area contributed by atoms with Gasteiger partial charge in [0.2, 0.25) is 0 Å². The van der Waals surface area contributed by atoms with Crippen molar-refractivity contribution >= 4 is 5.97 Å². The summed E-state index contributed by atoms with van der Waals surface area (Å²) in [6.45, 7) is 2.22. The third-order valence-electron chi connectivity index (χ3n) is 3.84. The van der Waals surface area contributed by atoms with Gasteiger partial charge in [0.05, 0.1) is 0 Å². The highest BCUT2D eigenvalue weighted by molar-refractivity contribution is 5.70. The molecule has 23 heavy (non-hydrogen) atoms.